The Morgan fingerprint density at radius 2 is 1.48 bits per heavy atom. The van der Waals surface area contributed by atoms with Gasteiger partial charge in [0.25, 0.3) is 10.1 Å². The molecule has 0 aliphatic rings. The summed E-state index contributed by atoms with van der Waals surface area (Å²) in [7, 11) is -3.88. The van der Waals surface area contributed by atoms with E-state index in [2.05, 4.69) is 6.92 Å². The van der Waals surface area contributed by atoms with Crippen LogP contribution < -0.4 is 11.5 Å². The summed E-state index contributed by atoms with van der Waals surface area (Å²) >= 11 is 0. The summed E-state index contributed by atoms with van der Waals surface area (Å²) in [5.41, 5.74) is 11.5. The van der Waals surface area contributed by atoms with Crippen LogP contribution in [0.5, 0.6) is 0 Å². The summed E-state index contributed by atoms with van der Waals surface area (Å²) in [5.74, 6) is -0.312. The molecule has 23 heavy (non-hydrogen) atoms. The van der Waals surface area contributed by atoms with E-state index in [1.54, 1.807) is 30.3 Å². The van der Waals surface area contributed by atoms with Crippen LogP contribution in [-0.2, 0) is 15.9 Å². The van der Waals surface area contributed by atoms with Gasteiger partial charge in [-0.25, -0.2) is 0 Å². The zero-order valence-electron chi connectivity index (χ0n) is 14.2. The van der Waals surface area contributed by atoms with Gasteiger partial charge in [-0.05, 0) is 12.0 Å². The highest BCUT2D eigenvalue weighted by atomic mass is 32.2. The second-order valence-corrected chi connectivity index (χ2v) is 7.24. The fraction of sp³-hybridized carbons (Fsp3) is 0.647. The minimum atomic E-state index is -3.88. The highest BCUT2D eigenvalue weighted by Gasteiger charge is 2.04. The molecule has 0 radical (unpaired) electrons. The lowest BCUT2D eigenvalue weighted by molar-refractivity contribution is 0.482. The fourth-order valence-electron chi connectivity index (χ4n) is 2.12. The average Bonchev–Trinajstić information content (AvgIpc) is 2.46. The lowest BCUT2D eigenvalue weighted by Crippen LogP contribution is -2.29. The van der Waals surface area contributed by atoms with Crippen LogP contribution in [0.25, 0.3) is 0 Å². The van der Waals surface area contributed by atoms with Gasteiger partial charge in [-0.2, -0.15) is 8.42 Å². The predicted octanol–water partition coefficient (Wildman–Crippen LogP) is 3.45. The highest BCUT2D eigenvalue weighted by Crippen LogP contribution is 2.08. The van der Waals surface area contributed by atoms with Crippen molar-refractivity contribution in [2.45, 2.75) is 70.2 Å². The van der Waals surface area contributed by atoms with Crippen molar-refractivity contribution < 1.29 is 13.0 Å². The minimum absolute atomic E-state index is 0.0966. The zero-order chi connectivity index (χ0) is 17.6. The van der Waals surface area contributed by atoms with Crippen LogP contribution >= 0.6 is 0 Å². The lowest BCUT2D eigenvalue weighted by Gasteiger charge is -2.04. The molecule has 0 aliphatic heterocycles. The van der Waals surface area contributed by atoms with Crippen molar-refractivity contribution in [3.05, 3.63) is 35.9 Å². The van der Waals surface area contributed by atoms with Crippen LogP contribution in [0.15, 0.2) is 30.3 Å². The molecule has 0 saturated carbocycles. The largest absolute Gasteiger partial charge is 0.316 e. The van der Waals surface area contributed by atoms with Crippen LogP contribution in [0.1, 0.15) is 63.9 Å². The molecule has 1 aromatic rings. The van der Waals surface area contributed by atoms with Gasteiger partial charge in [-0.3, -0.25) is 4.55 Å². The molecule has 6 heteroatoms. The summed E-state index contributed by atoms with van der Waals surface area (Å²) in [4.78, 5) is 0. The smallest absolute Gasteiger partial charge is 0.269 e. The van der Waals surface area contributed by atoms with Crippen LogP contribution in [-0.4, -0.2) is 19.1 Å². The van der Waals surface area contributed by atoms with Gasteiger partial charge < -0.3 is 11.5 Å². The molecule has 0 saturated heterocycles. The third kappa shape index (κ3) is 17.2. The van der Waals surface area contributed by atoms with Gasteiger partial charge in [-0.1, -0.05) is 82.2 Å². The van der Waals surface area contributed by atoms with E-state index >= 15 is 0 Å². The topological polar surface area (TPSA) is 106 Å². The standard InChI is InChI=1S/C10H24N2.C7H8O3S/c1-2-3-4-5-6-7-8-9-10(11)12;8-11(9,10)6-7-4-2-1-3-5-7/h10H,2-9,11-12H2,1H3;1-5H,6H2,(H,8,9,10). The first kappa shape index (κ1) is 22.1. The normalized spacial score (nSPS) is 11.2. The molecular formula is C17H32N2O3S. The maximum absolute atomic E-state index is 10.4. The van der Waals surface area contributed by atoms with Crippen molar-refractivity contribution in [3.8, 4) is 0 Å². The molecule has 0 aromatic heterocycles. The number of nitrogens with two attached hydrogens (primary N) is 2. The number of hydrogen-bond donors (Lipinski definition) is 3. The van der Waals surface area contributed by atoms with Gasteiger partial charge in [0, 0.05) is 0 Å². The molecule has 0 aliphatic carbocycles. The van der Waals surface area contributed by atoms with Gasteiger partial charge in [0.1, 0.15) is 5.75 Å². The van der Waals surface area contributed by atoms with E-state index in [-0.39, 0.29) is 11.9 Å². The Kier molecular flexibility index (Phi) is 12.9. The molecular weight excluding hydrogens is 312 g/mol. The fourth-order valence-corrected chi connectivity index (χ4v) is 2.74. The monoisotopic (exact) mass is 344 g/mol. The first-order valence-electron chi connectivity index (χ1n) is 8.35. The molecule has 1 aromatic carbocycles. The third-order valence-corrected chi connectivity index (χ3v) is 4.03. The Morgan fingerprint density at radius 1 is 0.957 bits per heavy atom. The summed E-state index contributed by atoms with van der Waals surface area (Å²) in [5, 5.41) is 0. The summed E-state index contributed by atoms with van der Waals surface area (Å²) in [6.07, 6.45) is 10.2. The van der Waals surface area contributed by atoms with Crippen LogP contribution in [0, 0.1) is 0 Å². The first-order chi connectivity index (χ1) is 10.8. The molecule has 0 spiro atoms. The molecule has 0 bridgehead atoms. The van der Waals surface area contributed by atoms with Crippen molar-refractivity contribution in [2.24, 2.45) is 11.5 Å². The number of benzene rings is 1. The second-order valence-electron chi connectivity index (χ2n) is 5.79. The molecule has 5 nitrogen and oxygen atoms in total. The van der Waals surface area contributed by atoms with E-state index in [1.807, 2.05) is 0 Å². The van der Waals surface area contributed by atoms with E-state index in [1.165, 1.54) is 44.9 Å². The molecule has 1 rings (SSSR count). The van der Waals surface area contributed by atoms with Gasteiger partial charge in [0.05, 0.1) is 6.17 Å². The molecule has 0 atom stereocenters. The van der Waals surface area contributed by atoms with Crippen LogP contribution in [0.4, 0.5) is 0 Å². The van der Waals surface area contributed by atoms with Gasteiger partial charge >= 0.3 is 0 Å². The zero-order valence-corrected chi connectivity index (χ0v) is 15.0. The van der Waals surface area contributed by atoms with Gasteiger partial charge in [0.15, 0.2) is 0 Å². The van der Waals surface area contributed by atoms with Crippen LogP contribution in [0.3, 0.4) is 0 Å². The van der Waals surface area contributed by atoms with Crippen molar-refractivity contribution in [2.75, 3.05) is 0 Å². The Balaban J connectivity index is 0.000000422. The molecule has 0 amide bonds. The Bertz CT molecular complexity index is 476. The van der Waals surface area contributed by atoms with E-state index in [4.69, 9.17) is 16.0 Å². The first-order valence-corrected chi connectivity index (χ1v) is 9.96. The summed E-state index contributed by atoms with van der Waals surface area (Å²) < 4.78 is 29.2. The summed E-state index contributed by atoms with van der Waals surface area (Å²) in [6.45, 7) is 2.24. The van der Waals surface area contributed by atoms with E-state index in [0.717, 1.165) is 6.42 Å². The molecule has 134 valence electrons. The van der Waals surface area contributed by atoms with Crippen LogP contribution in [0.2, 0.25) is 0 Å². The molecule has 5 N–H and O–H groups in total. The summed E-state index contributed by atoms with van der Waals surface area (Å²) in [6, 6.07) is 8.52. The van der Waals surface area contributed by atoms with Crippen molar-refractivity contribution in [1.29, 1.82) is 0 Å². The van der Waals surface area contributed by atoms with Gasteiger partial charge in [0.2, 0.25) is 0 Å². The Morgan fingerprint density at radius 3 is 1.96 bits per heavy atom. The van der Waals surface area contributed by atoms with E-state index in [0.29, 0.717) is 5.56 Å². The Labute approximate surface area is 141 Å². The predicted molar refractivity (Wildman–Crippen MR) is 96.5 cm³/mol. The molecule has 0 fully saturated rings. The van der Waals surface area contributed by atoms with E-state index in [9.17, 15) is 8.42 Å². The maximum atomic E-state index is 10.4. The van der Waals surface area contributed by atoms with Crippen molar-refractivity contribution in [1.82, 2.24) is 0 Å². The van der Waals surface area contributed by atoms with E-state index < -0.39 is 10.1 Å². The Hall–Kier alpha value is -0.950. The van der Waals surface area contributed by atoms with Crippen molar-refractivity contribution in [3.63, 3.8) is 0 Å². The average molecular weight is 345 g/mol. The number of hydrogen-bond acceptors (Lipinski definition) is 4. The quantitative estimate of drug-likeness (QED) is 0.342. The van der Waals surface area contributed by atoms with Crippen molar-refractivity contribution >= 4 is 10.1 Å². The second kappa shape index (κ2) is 13.5. The third-order valence-electron chi connectivity index (χ3n) is 3.33. The highest BCUT2D eigenvalue weighted by molar-refractivity contribution is 7.85. The number of rotatable bonds is 10. The molecule has 0 unspecified atom stereocenters. The lowest BCUT2D eigenvalue weighted by atomic mass is 10.1. The SMILES string of the molecule is CCCCCCCCCC(N)N.O=S(=O)(O)Cc1ccccc1. The minimum Gasteiger partial charge on any atom is -0.316 e. The number of unbranched alkanes of at least 4 members (excludes halogenated alkanes) is 6. The van der Waals surface area contributed by atoms with Gasteiger partial charge in [-0.15, -0.1) is 0 Å². The maximum Gasteiger partial charge on any atom is 0.269 e. The molecule has 0 heterocycles.